The van der Waals surface area contributed by atoms with Crippen molar-refractivity contribution in [2.75, 3.05) is 7.11 Å². The molecule has 0 spiro atoms. The molecular formula is C8H9BrN2O. The quantitative estimate of drug-likeness (QED) is 0.591. The van der Waals surface area contributed by atoms with Crippen molar-refractivity contribution in [1.29, 1.82) is 0 Å². The van der Waals surface area contributed by atoms with E-state index in [4.69, 9.17) is 10.5 Å². The highest BCUT2D eigenvalue weighted by molar-refractivity contribution is 9.10. The van der Waals surface area contributed by atoms with Gasteiger partial charge < -0.3 is 10.5 Å². The van der Waals surface area contributed by atoms with Crippen molar-refractivity contribution in [1.82, 2.24) is 0 Å². The highest BCUT2D eigenvalue weighted by Crippen LogP contribution is 2.16. The van der Waals surface area contributed by atoms with E-state index in [1.165, 1.54) is 7.11 Å². The van der Waals surface area contributed by atoms with E-state index in [9.17, 15) is 0 Å². The van der Waals surface area contributed by atoms with Gasteiger partial charge in [0, 0.05) is 4.47 Å². The fourth-order valence-corrected chi connectivity index (χ4v) is 0.953. The highest BCUT2D eigenvalue weighted by Gasteiger charge is 1.91. The third-order valence-electron chi connectivity index (χ3n) is 1.28. The van der Waals surface area contributed by atoms with Crippen molar-refractivity contribution in [3.63, 3.8) is 0 Å². The first kappa shape index (κ1) is 9.06. The lowest BCUT2D eigenvalue weighted by Crippen LogP contribution is -2.12. The first-order valence-corrected chi connectivity index (χ1v) is 4.15. The summed E-state index contributed by atoms with van der Waals surface area (Å²) in [5.41, 5.74) is 6.13. The number of benzene rings is 1. The topological polar surface area (TPSA) is 47.6 Å². The molecule has 64 valence electrons. The van der Waals surface area contributed by atoms with Crippen LogP contribution in [0.15, 0.2) is 33.7 Å². The number of hydrogen-bond acceptors (Lipinski definition) is 2. The third-order valence-corrected chi connectivity index (χ3v) is 1.80. The molecule has 0 aliphatic rings. The molecule has 3 nitrogen and oxygen atoms in total. The smallest absolute Gasteiger partial charge is 0.286 e. The molecule has 0 aliphatic heterocycles. The van der Waals surface area contributed by atoms with Gasteiger partial charge >= 0.3 is 0 Å². The van der Waals surface area contributed by atoms with Crippen molar-refractivity contribution in [3.8, 4) is 0 Å². The molecule has 0 aromatic heterocycles. The number of hydrogen-bond donors (Lipinski definition) is 1. The number of amidine groups is 1. The number of nitrogens with two attached hydrogens (primary N) is 1. The van der Waals surface area contributed by atoms with Gasteiger partial charge in [-0.15, -0.1) is 0 Å². The molecule has 12 heavy (non-hydrogen) atoms. The second-order valence-electron chi connectivity index (χ2n) is 2.13. The van der Waals surface area contributed by atoms with E-state index >= 15 is 0 Å². The van der Waals surface area contributed by atoms with Crippen LogP contribution in [-0.2, 0) is 4.74 Å². The summed E-state index contributed by atoms with van der Waals surface area (Å²) < 4.78 is 5.71. The first-order chi connectivity index (χ1) is 5.72. The second-order valence-corrected chi connectivity index (χ2v) is 3.05. The highest BCUT2D eigenvalue weighted by atomic mass is 79.9. The molecule has 0 unspecified atom stereocenters. The minimum atomic E-state index is 0.164. The van der Waals surface area contributed by atoms with E-state index in [-0.39, 0.29) is 6.02 Å². The summed E-state index contributed by atoms with van der Waals surface area (Å²) >= 11 is 3.32. The molecule has 0 saturated heterocycles. The lowest BCUT2D eigenvalue weighted by molar-refractivity contribution is 0.397. The van der Waals surface area contributed by atoms with Gasteiger partial charge in [-0.2, -0.15) is 4.99 Å². The first-order valence-electron chi connectivity index (χ1n) is 3.36. The van der Waals surface area contributed by atoms with E-state index in [1.807, 2.05) is 24.3 Å². The number of methoxy groups -OCH3 is 1. The number of aliphatic imine (C=N–C) groups is 1. The Labute approximate surface area is 79.4 Å². The van der Waals surface area contributed by atoms with Gasteiger partial charge in [0.25, 0.3) is 6.02 Å². The Morgan fingerprint density at radius 2 is 2.00 bits per heavy atom. The maximum atomic E-state index is 5.36. The average molecular weight is 229 g/mol. The maximum absolute atomic E-state index is 5.36. The van der Waals surface area contributed by atoms with Crippen molar-refractivity contribution in [2.45, 2.75) is 0 Å². The molecule has 0 atom stereocenters. The Hall–Kier alpha value is -1.03. The summed E-state index contributed by atoms with van der Waals surface area (Å²) in [7, 11) is 1.48. The van der Waals surface area contributed by atoms with Crippen LogP contribution in [0.1, 0.15) is 0 Å². The maximum Gasteiger partial charge on any atom is 0.286 e. The van der Waals surface area contributed by atoms with Crippen LogP contribution >= 0.6 is 15.9 Å². The van der Waals surface area contributed by atoms with Crippen LogP contribution in [0.4, 0.5) is 5.69 Å². The summed E-state index contributed by atoms with van der Waals surface area (Å²) in [6.07, 6.45) is 0. The minimum Gasteiger partial charge on any atom is -0.469 e. The molecule has 4 heteroatoms. The number of nitrogens with zero attached hydrogens (tertiary/aromatic N) is 1. The molecule has 0 radical (unpaired) electrons. The third kappa shape index (κ3) is 2.54. The van der Waals surface area contributed by atoms with E-state index in [2.05, 4.69) is 20.9 Å². The van der Waals surface area contributed by atoms with E-state index < -0.39 is 0 Å². The number of ether oxygens (including phenoxy) is 1. The standard InChI is InChI=1S/C8H9BrN2O/c1-12-8(10)11-7-4-2-6(9)3-5-7/h2-5H,1H3,(H2,10,11). The molecule has 1 aromatic carbocycles. The van der Waals surface area contributed by atoms with Gasteiger partial charge in [-0.05, 0) is 24.3 Å². The SMILES string of the molecule is COC(N)=Nc1ccc(Br)cc1. The predicted molar refractivity (Wildman–Crippen MR) is 52.4 cm³/mol. The van der Waals surface area contributed by atoms with Gasteiger partial charge in [-0.3, -0.25) is 0 Å². The van der Waals surface area contributed by atoms with Crippen LogP contribution in [0.5, 0.6) is 0 Å². The normalized spacial score (nSPS) is 11.3. The molecule has 0 bridgehead atoms. The molecule has 0 saturated carbocycles. The number of halogens is 1. The van der Waals surface area contributed by atoms with Crippen LogP contribution in [0.3, 0.4) is 0 Å². The van der Waals surface area contributed by atoms with E-state index in [0.717, 1.165) is 10.2 Å². The molecule has 2 N–H and O–H groups in total. The Morgan fingerprint density at radius 3 is 2.50 bits per heavy atom. The zero-order valence-corrected chi connectivity index (χ0v) is 8.21. The number of rotatable bonds is 1. The molecule has 0 aliphatic carbocycles. The van der Waals surface area contributed by atoms with Crippen molar-refractivity contribution in [3.05, 3.63) is 28.7 Å². The summed E-state index contributed by atoms with van der Waals surface area (Å²) in [6.45, 7) is 0. The minimum absolute atomic E-state index is 0.164. The average Bonchev–Trinajstić information content (AvgIpc) is 2.09. The van der Waals surface area contributed by atoms with Crippen molar-refractivity contribution < 1.29 is 4.74 Å². The van der Waals surface area contributed by atoms with Crippen molar-refractivity contribution in [2.24, 2.45) is 10.7 Å². The van der Waals surface area contributed by atoms with Gasteiger partial charge in [-0.25, -0.2) is 0 Å². The van der Waals surface area contributed by atoms with Crippen LogP contribution in [0.25, 0.3) is 0 Å². The lowest BCUT2D eigenvalue weighted by atomic mass is 10.3. The molecule has 0 fully saturated rings. The molecule has 1 aromatic rings. The second kappa shape index (κ2) is 4.11. The summed E-state index contributed by atoms with van der Waals surface area (Å²) in [5, 5.41) is 0. The van der Waals surface area contributed by atoms with Crippen LogP contribution in [0.2, 0.25) is 0 Å². The largest absolute Gasteiger partial charge is 0.469 e. The Morgan fingerprint density at radius 1 is 1.42 bits per heavy atom. The van der Waals surface area contributed by atoms with Gasteiger partial charge in [0.05, 0.1) is 12.8 Å². The summed E-state index contributed by atoms with van der Waals surface area (Å²) in [6, 6.07) is 7.63. The van der Waals surface area contributed by atoms with Gasteiger partial charge in [0.1, 0.15) is 0 Å². The molecule has 0 heterocycles. The van der Waals surface area contributed by atoms with Crippen LogP contribution in [-0.4, -0.2) is 13.1 Å². The van der Waals surface area contributed by atoms with Crippen LogP contribution < -0.4 is 5.73 Å². The molecule has 1 rings (SSSR count). The van der Waals surface area contributed by atoms with Crippen molar-refractivity contribution >= 4 is 27.6 Å². The zero-order chi connectivity index (χ0) is 8.97. The molecule has 0 amide bonds. The van der Waals surface area contributed by atoms with E-state index in [0.29, 0.717) is 0 Å². The fourth-order valence-electron chi connectivity index (χ4n) is 0.689. The van der Waals surface area contributed by atoms with Crippen LogP contribution in [0, 0.1) is 0 Å². The van der Waals surface area contributed by atoms with Gasteiger partial charge in [0.2, 0.25) is 0 Å². The Balaban J connectivity index is 2.84. The monoisotopic (exact) mass is 228 g/mol. The fraction of sp³-hybridized carbons (Fsp3) is 0.125. The van der Waals surface area contributed by atoms with Gasteiger partial charge in [-0.1, -0.05) is 15.9 Å². The Bertz CT molecular complexity index is 282. The predicted octanol–water partition coefficient (Wildman–Crippen LogP) is 2.04. The van der Waals surface area contributed by atoms with Gasteiger partial charge in [0.15, 0.2) is 0 Å². The summed E-state index contributed by atoms with van der Waals surface area (Å²) in [5.74, 6) is 0. The Kier molecular flexibility index (Phi) is 3.10. The lowest BCUT2D eigenvalue weighted by Gasteiger charge is -1.97. The zero-order valence-electron chi connectivity index (χ0n) is 6.62. The summed E-state index contributed by atoms with van der Waals surface area (Å²) in [4.78, 5) is 3.97. The molecular weight excluding hydrogens is 220 g/mol. The van der Waals surface area contributed by atoms with E-state index in [1.54, 1.807) is 0 Å².